The minimum absolute atomic E-state index is 0.0183. The van der Waals surface area contributed by atoms with Gasteiger partial charge in [-0.25, -0.2) is 4.98 Å². The van der Waals surface area contributed by atoms with E-state index in [9.17, 15) is 9.59 Å². The molecule has 1 aromatic carbocycles. The Morgan fingerprint density at radius 2 is 1.85 bits per heavy atom. The zero-order valence-electron chi connectivity index (χ0n) is 14.4. The number of likely N-dealkylation sites (tertiary alicyclic amines) is 1. The van der Waals surface area contributed by atoms with Gasteiger partial charge in [0.25, 0.3) is 5.91 Å². The maximum atomic E-state index is 12.7. The first-order chi connectivity index (χ1) is 12.7. The van der Waals surface area contributed by atoms with Crippen LogP contribution in [-0.4, -0.2) is 40.9 Å². The van der Waals surface area contributed by atoms with Gasteiger partial charge in [-0.15, -0.1) is 0 Å². The lowest BCUT2D eigenvalue weighted by molar-refractivity contribution is -0.140. The van der Waals surface area contributed by atoms with Crippen LogP contribution in [0.3, 0.4) is 0 Å². The van der Waals surface area contributed by atoms with E-state index in [0.29, 0.717) is 38.2 Å². The molecular formula is C20H21N3O3. The monoisotopic (exact) mass is 351 g/mol. The molecule has 4 rings (SSSR count). The third kappa shape index (κ3) is 3.40. The molecular weight excluding hydrogens is 330 g/mol. The standard InChI is InChI=1S/C20H21N3O3/c24-19(22-18-7-3-4-10-21-18)14-8-11-23(12-9-14)20(25)17-13-15-5-1-2-6-16(15)26-17/h1-7,10,14,17H,8-9,11-13H2,(H,21,22,24). The molecule has 0 bridgehead atoms. The normalized spacial score (nSPS) is 19.5. The molecule has 0 radical (unpaired) electrons. The van der Waals surface area contributed by atoms with Gasteiger partial charge in [0, 0.05) is 31.6 Å². The SMILES string of the molecule is O=C(Nc1ccccn1)C1CCN(C(=O)C2Cc3ccccc3O2)CC1. The van der Waals surface area contributed by atoms with Gasteiger partial charge in [0.1, 0.15) is 11.6 Å². The van der Waals surface area contributed by atoms with Crippen LogP contribution in [-0.2, 0) is 16.0 Å². The predicted octanol–water partition coefficient (Wildman–Crippen LogP) is 2.26. The predicted molar refractivity (Wildman–Crippen MR) is 96.7 cm³/mol. The Morgan fingerprint density at radius 1 is 1.08 bits per heavy atom. The number of hydrogen-bond donors (Lipinski definition) is 1. The van der Waals surface area contributed by atoms with Crippen LogP contribution in [0, 0.1) is 5.92 Å². The molecule has 1 N–H and O–H groups in total. The fraction of sp³-hybridized carbons (Fsp3) is 0.350. The topological polar surface area (TPSA) is 71.5 Å². The van der Waals surface area contributed by atoms with Crippen molar-refractivity contribution in [3.63, 3.8) is 0 Å². The van der Waals surface area contributed by atoms with Crippen LogP contribution >= 0.6 is 0 Å². The highest BCUT2D eigenvalue weighted by atomic mass is 16.5. The van der Waals surface area contributed by atoms with E-state index in [2.05, 4.69) is 10.3 Å². The number of nitrogens with zero attached hydrogens (tertiary/aromatic N) is 2. The van der Waals surface area contributed by atoms with Crippen LogP contribution in [0.1, 0.15) is 18.4 Å². The van der Waals surface area contributed by atoms with E-state index < -0.39 is 6.10 Å². The molecule has 1 aromatic heterocycles. The van der Waals surface area contributed by atoms with Gasteiger partial charge < -0.3 is 15.0 Å². The average molecular weight is 351 g/mol. The summed E-state index contributed by atoms with van der Waals surface area (Å²) in [7, 11) is 0. The van der Waals surface area contributed by atoms with Crippen molar-refractivity contribution in [3.8, 4) is 5.75 Å². The molecule has 2 amide bonds. The molecule has 2 aromatic rings. The number of anilines is 1. The van der Waals surface area contributed by atoms with Gasteiger partial charge in [-0.3, -0.25) is 9.59 Å². The molecule has 26 heavy (non-hydrogen) atoms. The third-order valence-electron chi connectivity index (χ3n) is 5.02. The molecule has 3 heterocycles. The summed E-state index contributed by atoms with van der Waals surface area (Å²) in [5.74, 6) is 1.26. The summed E-state index contributed by atoms with van der Waals surface area (Å²) >= 11 is 0. The van der Waals surface area contributed by atoms with Crippen LogP contribution in [0.15, 0.2) is 48.7 Å². The molecule has 6 nitrogen and oxygen atoms in total. The molecule has 0 saturated carbocycles. The lowest BCUT2D eigenvalue weighted by atomic mass is 9.95. The number of benzene rings is 1. The summed E-state index contributed by atoms with van der Waals surface area (Å²) in [6.45, 7) is 1.16. The Morgan fingerprint density at radius 3 is 2.58 bits per heavy atom. The molecule has 1 saturated heterocycles. The van der Waals surface area contributed by atoms with Gasteiger partial charge in [0.15, 0.2) is 6.10 Å². The van der Waals surface area contributed by atoms with Crippen molar-refractivity contribution in [1.29, 1.82) is 0 Å². The molecule has 2 aliphatic heterocycles. The first kappa shape index (κ1) is 16.6. The number of aromatic nitrogens is 1. The molecule has 0 aliphatic carbocycles. The van der Waals surface area contributed by atoms with Gasteiger partial charge in [-0.1, -0.05) is 24.3 Å². The zero-order chi connectivity index (χ0) is 17.9. The molecule has 1 fully saturated rings. The van der Waals surface area contributed by atoms with Crippen LogP contribution in [0.4, 0.5) is 5.82 Å². The van der Waals surface area contributed by atoms with Gasteiger partial charge in [-0.05, 0) is 36.6 Å². The lowest BCUT2D eigenvalue weighted by Crippen LogP contribution is -2.46. The number of rotatable bonds is 3. The summed E-state index contributed by atoms with van der Waals surface area (Å²) in [4.78, 5) is 31.0. The van der Waals surface area contributed by atoms with Crippen molar-refractivity contribution in [1.82, 2.24) is 9.88 Å². The number of amides is 2. The summed E-state index contributed by atoms with van der Waals surface area (Å²) in [5.41, 5.74) is 1.08. The van der Waals surface area contributed by atoms with Crippen molar-refractivity contribution in [3.05, 3.63) is 54.2 Å². The van der Waals surface area contributed by atoms with E-state index in [-0.39, 0.29) is 17.7 Å². The molecule has 134 valence electrons. The number of hydrogen-bond acceptors (Lipinski definition) is 4. The van der Waals surface area contributed by atoms with Crippen LogP contribution in [0.2, 0.25) is 0 Å². The molecule has 6 heteroatoms. The molecule has 2 aliphatic rings. The zero-order valence-corrected chi connectivity index (χ0v) is 14.4. The summed E-state index contributed by atoms with van der Waals surface area (Å²) in [6.07, 6.45) is 3.14. The molecule has 1 atom stereocenters. The van der Waals surface area contributed by atoms with Crippen molar-refractivity contribution >= 4 is 17.6 Å². The van der Waals surface area contributed by atoms with E-state index in [4.69, 9.17) is 4.74 Å². The highest BCUT2D eigenvalue weighted by Crippen LogP contribution is 2.30. The molecule has 0 spiro atoms. The quantitative estimate of drug-likeness (QED) is 0.921. The van der Waals surface area contributed by atoms with Crippen LogP contribution < -0.4 is 10.1 Å². The number of fused-ring (bicyclic) bond motifs is 1. The van der Waals surface area contributed by atoms with Gasteiger partial charge >= 0.3 is 0 Å². The summed E-state index contributed by atoms with van der Waals surface area (Å²) in [6, 6.07) is 13.2. The van der Waals surface area contributed by atoms with E-state index in [1.165, 1.54) is 0 Å². The second-order valence-corrected chi connectivity index (χ2v) is 6.72. The Labute approximate surface area is 152 Å². The highest BCUT2D eigenvalue weighted by Gasteiger charge is 2.35. The fourth-order valence-electron chi connectivity index (χ4n) is 3.55. The number of pyridine rings is 1. The number of para-hydroxylation sites is 1. The minimum Gasteiger partial charge on any atom is -0.480 e. The fourth-order valence-corrected chi connectivity index (χ4v) is 3.55. The number of carbonyl (C=O) groups is 2. The first-order valence-electron chi connectivity index (χ1n) is 8.96. The average Bonchev–Trinajstić information content (AvgIpc) is 3.12. The van der Waals surface area contributed by atoms with Crippen LogP contribution in [0.25, 0.3) is 0 Å². The summed E-state index contributed by atoms with van der Waals surface area (Å²) < 4.78 is 5.80. The first-order valence-corrected chi connectivity index (χ1v) is 8.96. The highest BCUT2D eigenvalue weighted by molar-refractivity contribution is 5.92. The third-order valence-corrected chi connectivity index (χ3v) is 5.02. The van der Waals surface area contributed by atoms with E-state index in [0.717, 1.165) is 11.3 Å². The number of nitrogens with one attached hydrogen (secondary N) is 1. The minimum atomic E-state index is -0.439. The number of carbonyl (C=O) groups excluding carboxylic acids is 2. The second-order valence-electron chi connectivity index (χ2n) is 6.72. The van der Waals surface area contributed by atoms with Crippen LogP contribution in [0.5, 0.6) is 5.75 Å². The Bertz CT molecular complexity index is 776. The lowest BCUT2D eigenvalue weighted by Gasteiger charge is -2.32. The number of piperidine rings is 1. The Hall–Kier alpha value is -2.89. The maximum Gasteiger partial charge on any atom is 0.263 e. The van der Waals surface area contributed by atoms with Gasteiger partial charge in [0.05, 0.1) is 0 Å². The Balaban J connectivity index is 1.30. The Kier molecular flexibility index (Phi) is 4.56. The number of ether oxygens (including phenoxy) is 1. The van der Waals surface area contributed by atoms with Crippen molar-refractivity contribution < 1.29 is 14.3 Å². The summed E-state index contributed by atoms with van der Waals surface area (Å²) in [5, 5.41) is 2.84. The molecule has 1 unspecified atom stereocenters. The largest absolute Gasteiger partial charge is 0.480 e. The maximum absolute atomic E-state index is 12.7. The van der Waals surface area contributed by atoms with Gasteiger partial charge in [0.2, 0.25) is 5.91 Å². The van der Waals surface area contributed by atoms with E-state index >= 15 is 0 Å². The van der Waals surface area contributed by atoms with Crippen molar-refractivity contribution in [2.24, 2.45) is 5.92 Å². The van der Waals surface area contributed by atoms with Crippen molar-refractivity contribution in [2.75, 3.05) is 18.4 Å². The second kappa shape index (κ2) is 7.15. The van der Waals surface area contributed by atoms with E-state index in [1.807, 2.05) is 41.3 Å². The van der Waals surface area contributed by atoms with Crippen molar-refractivity contribution in [2.45, 2.75) is 25.4 Å². The smallest absolute Gasteiger partial charge is 0.263 e. The van der Waals surface area contributed by atoms with E-state index in [1.54, 1.807) is 12.3 Å². The van der Waals surface area contributed by atoms with Gasteiger partial charge in [-0.2, -0.15) is 0 Å².